The molecule has 3 aliphatic rings. The zero-order valence-electron chi connectivity index (χ0n) is 17.5. The number of aliphatic hydroxyl groups is 1. The molecule has 0 radical (unpaired) electrons. The number of nitrogens with one attached hydrogen (secondary N) is 1. The number of amides is 2. The van der Waals surface area contributed by atoms with Gasteiger partial charge in [0, 0.05) is 42.7 Å². The molecule has 2 aromatic rings. The lowest BCUT2D eigenvalue weighted by Gasteiger charge is -2.31. The predicted molar refractivity (Wildman–Crippen MR) is 118 cm³/mol. The van der Waals surface area contributed by atoms with Gasteiger partial charge in [0.05, 0.1) is 6.61 Å². The minimum atomic E-state index is -0.264. The molecular weight excluding hydrogens is 392 g/mol. The van der Waals surface area contributed by atoms with E-state index in [9.17, 15) is 14.7 Å². The third-order valence-electron chi connectivity index (χ3n) is 6.85. The summed E-state index contributed by atoms with van der Waals surface area (Å²) < 4.78 is 2.22. The third kappa shape index (κ3) is 3.03. The molecular formula is C24H26N4O3. The highest BCUT2D eigenvalue weighted by Gasteiger charge is 2.43. The molecule has 7 nitrogen and oxygen atoms in total. The van der Waals surface area contributed by atoms with Crippen molar-refractivity contribution in [3.63, 3.8) is 0 Å². The summed E-state index contributed by atoms with van der Waals surface area (Å²) in [6, 6.07) is 3.88. The number of carbonyl (C=O) groups is 2. The quantitative estimate of drug-likeness (QED) is 0.558. The number of aliphatic hydroxyl groups excluding tert-OH is 1. The lowest BCUT2D eigenvalue weighted by Crippen LogP contribution is -2.41. The van der Waals surface area contributed by atoms with Crippen LogP contribution in [-0.4, -0.2) is 33.5 Å². The van der Waals surface area contributed by atoms with Crippen LogP contribution < -0.4 is 10.2 Å². The second-order valence-corrected chi connectivity index (χ2v) is 8.39. The monoisotopic (exact) mass is 418 g/mol. The maximum atomic E-state index is 13.5. The van der Waals surface area contributed by atoms with Gasteiger partial charge < -0.3 is 15.0 Å². The van der Waals surface area contributed by atoms with E-state index in [1.807, 2.05) is 19.1 Å². The molecule has 0 aromatic carbocycles. The largest absolute Gasteiger partial charge is 0.392 e. The molecule has 2 N–H and O–H groups in total. The van der Waals surface area contributed by atoms with Gasteiger partial charge in [-0.2, -0.15) is 0 Å². The van der Waals surface area contributed by atoms with E-state index in [0.717, 1.165) is 23.4 Å². The fourth-order valence-electron chi connectivity index (χ4n) is 5.60. The SMILES string of the molecule is C/C=C\C(=C/NC=O)c1ccnc(N2CCn3c(cc4c3[C@H]3CC[C@@H]4C3)C2=O)c1CO. The normalized spacial score (nSPS) is 22.2. The number of carbonyl (C=O) groups excluding carboxylic acids is 2. The van der Waals surface area contributed by atoms with Crippen molar-refractivity contribution < 1.29 is 14.7 Å². The summed E-state index contributed by atoms with van der Waals surface area (Å²) in [5.41, 5.74) is 5.50. The maximum absolute atomic E-state index is 13.5. The molecule has 2 atom stereocenters. The van der Waals surface area contributed by atoms with Gasteiger partial charge in [-0.3, -0.25) is 14.5 Å². The minimum absolute atomic E-state index is 0.0676. The van der Waals surface area contributed by atoms with Crippen LogP contribution in [0, 0.1) is 0 Å². The van der Waals surface area contributed by atoms with Crippen LogP contribution in [-0.2, 0) is 17.9 Å². The number of rotatable bonds is 6. The van der Waals surface area contributed by atoms with Crippen molar-refractivity contribution in [1.82, 2.24) is 14.9 Å². The van der Waals surface area contributed by atoms with E-state index >= 15 is 0 Å². The van der Waals surface area contributed by atoms with Gasteiger partial charge in [-0.25, -0.2) is 4.98 Å². The third-order valence-corrected chi connectivity index (χ3v) is 6.85. The number of aromatic nitrogens is 2. The molecule has 0 unspecified atom stereocenters. The maximum Gasteiger partial charge on any atom is 0.276 e. The molecule has 2 aliphatic carbocycles. The number of anilines is 1. The summed E-state index contributed by atoms with van der Waals surface area (Å²) >= 11 is 0. The highest BCUT2D eigenvalue weighted by atomic mass is 16.3. The molecule has 5 rings (SSSR count). The Morgan fingerprint density at radius 3 is 2.94 bits per heavy atom. The van der Waals surface area contributed by atoms with Crippen LogP contribution >= 0.6 is 0 Å². The Labute approximate surface area is 181 Å². The summed E-state index contributed by atoms with van der Waals surface area (Å²) in [5, 5.41) is 12.8. The second kappa shape index (κ2) is 7.81. The van der Waals surface area contributed by atoms with Gasteiger partial charge in [-0.15, -0.1) is 0 Å². The van der Waals surface area contributed by atoms with E-state index < -0.39 is 0 Å². The van der Waals surface area contributed by atoms with E-state index in [-0.39, 0.29) is 12.5 Å². The Morgan fingerprint density at radius 2 is 2.16 bits per heavy atom. The Morgan fingerprint density at radius 1 is 1.32 bits per heavy atom. The van der Waals surface area contributed by atoms with Crippen molar-refractivity contribution in [2.24, 2.45) is 0 Å². The first-order chi connectivity index (χ1) is 15.2. The molecule has 2 bridgehead atoms. The summed E-state index contributed by atoms with van der Waals surface area (Å²) in [5.74, 6) is 1.61. The predicted octanol–water partition coefficient (Wildman–Crippen LogP) is 3.06. The first kappa shape index (κ1) is 19.8. The number of allylic oxidation sites excluding steroid dienone is 3. The van der Waals surface area contributed by atoms with Crippen molar-refractivity contribution in [3.05, 3.63) is 64.8 Å². The summed E-state index contributed by atoms with van der Waals surface area (Å²) in [4.78, 5) is 30.4. The molecule has 0 saturated heterocycles. The summed E-state index contributed by atoms with van der Waals surface area (Å²) in [7, 11) is 0. The average molecular weight is 418 g/mol. The van der Waals surface area contributed by atoms with Crippen LogP contribution in [0.15, 0.2) is 36.7 Å². The topological polar surface area (TPSA) is 87.5 Å². The first-order valence-electron chi connectivity index (χ1n) is 10.8. The van der Waals surface area contributed by atoms with Crippen LogP contribution in [0.4, 0.5) is 5.82 Å². The molecule has 31 heavy (non-hydrogen) atoms. The van der Waals surface area contributed by atoms with E-state index in [1.165, 1.54) is 30.5 Å². The van der Waals surface area contributed by atoms with Gasteiger partial charge in [0.1, 0.15) is 11.5 Å². The number of hydrogen-bond donors (Lipinski definition) is 2. The molecule has 0 spiro atoms. The van der Waals surface area contributed by atoms with Crippen molar-refractivity contribution >= 4 is 23.7 Å². The summed E-state index contributed by atoms with van der Waals surface area (Å²) in [6.07, 6.45) is 11.2. The van der Waals surface area contributed by atoms with E-state index in [0.29, 0.717) is 36.2 Å². The van der Waals surface area contributed by atoms with Crippen LogP contribution in [0.1, 0.15) is 70.9 Å². The highest BCUT2D eigenvalue weighted by Crippen LogP contribution is 2.54. The number of nitrogens with zero attached hydrogens (tertiary/aromatic N) is 3. The molecule has 1 saturated carbocycles. The molecule has 2 aromatic heterocycles. The molecule has 3 heterocycles. The van der Waals surface area contributed by atoms with Gasteiger partial charge in [0.15, 0.2) is 0 Å². The van der Waals surface area contributed by atoms with Crippen molar-refractivity contribution in [2.45, 2.75) is 51.2 Å². The fraction of sp³-hybridized carbons (Fsp3) is 0.375. The van der Waals surface area contributed by atoms with Crippen LogP contribution in [0.3, 0.4) is 0 Å². The standard InChI is InChI=1S/C24H26N4O3/c1-2-3-17(12-25-14-30)18-6-7-26-23(20(18)13-29)28-9-8-27-21(24(28)31)11-19-15-4-5-16(10-15)22(19)27/h2-3,6-7,11-12,14-16,29H,4-5,8-10,13H2,1H3,(H,25,30)/b3-2-,17-12+/t15-,16+/m1/s1. The number of hydrogen-bond acceptors (Lipinski definition) is 4. The summed E-state index contributed by atoms with van der Waals surface area (Å²) in [6.45, 7) is 2.87. The number of fused-ring (bicyclic) bond motifs is 7. The number of pyridine rings is 1. The smallest absolute Gasteiger partial charge is 0.276 e. The van der Waals surface area contributed by atoms with Gasteiger partial charge in [0.25, 0.3) is 5.91 Å². The molecule has 1 aliphatic heterocycles. The Bertz CT molecular complexity index is 1110. The van der Waals surface area contributed by atoms with Crippen LogP contribution in [0.5, 0.6) is 0 Å². The van der Waals surface area contributed by atoms with E-state index in [2.05, 4.69) is 20.9 Å². The van der Waals surface area contributed by atoms with Crippen molar-refractivity contribution in [1.29, 1.82) is 0 Å². The van der Waals surface area contributed by atoms with E-state index in [1.54, 1.807) is 23.4 Å². The van der Waals surface area contributed by atoms with Gasteiger partial charge in [0.2, 0.25) is 6.41 Å². The van der Waals surface area contributed by atoms with E-state index in [4.69, 9.17) is 0 Å². The average Bonchev–Trinajstić information content (AvgIpc) is 3.49. The van der Waals surface area contributed by atoms with Gasteiger partial charge in [-0.05, 0) is 60.9 Å². The second-order valence-electron chi connectivity index (χ2n) is 8.39. The zero-order chi connectivity index (χ0) is 21.5. The Kier molecular flexibility index (Phi) is 4.98. The highest BCUT2D eigenvalue weighted by molar-refractivity contribution is 6.06. The molecule has 7 heteroatoms. The lowest BCUT2D eigenvalue weighted by molar-refractivity contribution is -0.108. The van der Waals surface area contributed by atoms with Crippen LogP contribution in [0.2, 0.25) is 0 Å². The van der Waals surface area contributed by atoms with Gasteiger partial charge in [-0.1, -0.05) is 12.2 Å². The molecule has 2 amide bonds. The molecule has 1 fully saturated rings. The first-order valence-corrected chi connectivity index (χ1v) is 10.8. The van der Waals surface area contributed by atoms with Gasteiger partial charge >= 0.3 is 0 Å². The molecule has 160 valence electrons. The minimum Gasteiger partial charge on any atom is -0.392 e. The van der Waals surface area contributed by atoms with Crippen LogP contribution in [0.25, 0.3) is 5.57 Å². The fourth-order valence-corrected chi connectivity index (χ4v) is 5.60. The van der Waals surface area contributed by atoms with Crippen molar-refractivity contribution in [3.8, 4) is 0 Å². The lowest BCUT2D eigenvalue weighted by atomic mass is 9.98. The van der Waals surface area contributed by atoms with Crippen molar-refractivity contribution in [2.75, 3.05) is 11.4 Å². The Hall–Kier alpha value is -3.19. The zero-order valence-corrected chi connectivity index (χ0v) is 17.5. The Balaban J connectivity index is 1.54.